The van der Waals surface area contributed by atoms with Gasteiger partial charge in [-0.1, -0.05) is 41.5 Å². The lowest BCUT2D eigenvalue weighted by Gasteiger charge is -2.22. The van der Waals surface area contributed by atoms with Gasteiger partial charge >= 0.3 is 0 Å². The van der Waals surface area contributed by atoms with E-state index in [0.29, 0.717) is 11.6 Å². The van der Waals surface area contributed by atoms with Gasteiger partial charge in [0.05, 0.1) is 21.5 Å². The maximum atomic E-state index is 13.4. The summed E-state index contributed by atoms with van der Waals surface area (Å²) < 4.78 is 2.05. The van der Waals surface area contributed by atoms with Crippen LogP contribution in [0.25, 0.3) is 27.5 Å². The topological polar surface area (TPSA) is 117 Å². The highest BCUT2D eigenvalue weighted by Gasteiger charge is 2.28. The molecule has 34 heavy (non-hydrogen) atoms. The maximum absolute atomic E-state index is 13.4. The second-order valence-electron chi connectivity index (χ2n) is 11.8. The van der Waals surface area contributed by atoms with Crippen LogP contribution in [-0.4, -0.2) is 24.1 Å². The molecule has 3 aromatic heterocycles. The van der Waals surface area contributed by atoms with Crippen LogP contribution in [-0.2, 0) is 16.4 Å². The molecule has 0 atom stereocenters. The summed E-state index contributed by atoms with van der Waals surface area (Å²) in [5, 5.41) is 0.331. The van der Waals surface area contributed by atoms with Crippen molar-refractivity contribution in [3.05, 3.63) is 65.2 Å². The van der Waals surface area contributed by atoms with Gasteiger partial charge in [-0.3, -0.25) is 23.7 Å². The number of rotatable bonds is 1. The molecule has 9 heteroatoms. The molecule has 4 rings (SSSR count). The molecule has 3 heterocycles. The zero-order chi connectivity index (χ0) is 25.5. The Balaban J connectivity index is 2.10. The minimum absolute atomic E-state index is 0.0516. The third-order valence-electron chi connectivity index (χ3n) is 5.73. The zero-order valence-corrected chi connectivity index (χ0v) is 21.0. The van der Waals surface area contributed by atoms with E-state index < -0.39 is 38.6 Å². The molecule has 0 bridgehead atoms. The van der Waals surface area contributed by atoms with Crippen LogP contribution in [0.4, 0.5) is 0 Å². The van der Waals surface area contributed by atoms with Crippen molar-refractivity contribution in [2.45, 2.75) is 78.7 Å². The smallest absolute Gasteiger partial charge is 0.268 e. The van der Waals surface area contributed by atoms with Crippen LogP contribution in [0.2, 0.25) is 0 Å². The molecule has 0 saturated heterocycles. The van der Waals surface area contributed by atoms with Crippen molar-refractivity contribution in [1.82, 2.24) is 24.1 Å². The highest BCUT2D eigenvalue weighted by atomic mass is 16.2. The number of benzene rings is 1. The highest BCUT2D eigenvalue weighted by molar-refractivity contribution is 5.98. The number of nitrogens with zero attached hydrogens (tertiary/aromatic N) is 5. The largest absolute Gasteiger partial charge is 0.269 e. The van der Waals surface area contributed by atoms with Crippen LogP contribution in [0.15, 0.2) is 31.3 Å². The summed E-state index contributed by atoms with van der Waals surface area (Å²) in [5.74, 6) is 0.838. The third kappa shape index (κ3) is 3.50. The third-order valence-corrected chi connectivity index (χ3v) is 5.73. The number of hydrogen-bond acceptors (Lipinski definition) is 7. The van der Waals surface area contributed by atoms with Crippen LogP contribution in [0.3, 0.4) is 0 Å². The van der Waals surface area contributed by atoms with Crippen molar-refractivity contribution in [3.63, 3.8) is 0 Å². The molecule has 9 nitrogen and oxygen atoms in total. The van der Waals surface area contributed by atoms with Crippen molar-refractivity contribution < 1.29 is 0 Å². The van der Waals surface area contributed by atoms with Gasteiger partial charge < -0.3 is 0 Å². The molecule has 0 N–H and O–H groups in total. The van der Waals surface area contributed by atoms with E-state index in [1.807, 2.05) is 41.5 Å². The van der Waals surface area contributed by atoms with E-state index in [9.17, 15) is 19.2 Å². The fourth-order valence-electron chi connectivity index (χ4n) is 3.90. The molecule has 0 fully saturated rings. The summed E-state index contributed by atoms with van der Waals surface area (Å²) in [7, 11) is 0. The molecule has 0 aliphatic heterocycles. The standard InChI is InChI=1S/C25H29N5O4/c1-23(2,3)20-26-21(24(4,5)6)28-22(27-20)29-16(31)12-10-14-15(11-13(12)17(29)32)19(34)30(18(14)33)25(7,8)9/h10-11H,1-9H3. The van der Waals surface area contributed by atoms with Gasteiger partial charge in [-0.05, 0) is 32.9 Å². The van der Waals surface area contributed by atoms with Gasteiger partial charge in [0.2, 0.25) is 5.95 Å². The molecule has 178 valence electrons. The summed E-state index contributed by atoms with van der Waals surface area (Å²) in [6.45, 7) is 16.9. The second kappa shape index (κ2) is 7.01. The molecule has 4 aromatic rings. The molecule has 0 radical (unpaired) electrons. The van der Waals surface area contributed by atoms with Crippen molar-refractivity contribution in [1.29, 1.82) is 0 Å². The van der Waals surface area contributed by atoms with E-state index in [1.54, 1.807) is 20.8 Å². The second-order valence-corrected chi connectivity index (χ2v) is 11.8. The normalized spacial score (nSPS) is 13.3. The van der Waals surface area contributed by atoms with Crippen LogP contribution < -0.4 is 22.2 Å². The average molecular weight is 464 g/mol. The predicted molar refractivity (Wildman–Crippen MR) is 132 cm³/mol. The van der Waals surface area contributed by atoms with Gasteiger partial charge in [-0.15, -0.1) is 0 Å². The van der Waals surface area contributed by atoms with Crippen LogP contribution in [0, 0.1) is 0 Å². The van der Waals surface area contributed by atoms with Gasteiger partial charge in [0, 0.05) is 16.4 Å². The van der Waals surface area contributed by atoms with E-state index >= 15 is 0 Å². The Morgan fingerprint density at radius 1 is 0.559 bits per heavy atom. The van der Waals surface area contributed by atoms with E-state index in [4.69, 9.17) is 0 Å². The number of aromatic nitrogens is 5. The molecule has 0 unspecified atom stereocenters. The molecule has 0 spiro atoms. The fourth-order valence-corrected chi connectivity index (χ4v) is 3.90. The Hall–Kier alpha value is -3.49. The molecule has 0 aliphatic carbocycles. The monoisotopic (exact) mass is 463 g/mol. The van der Waals surface area contributed by atoms with E-state index in [-0.39, 0.29) is 27.5 Å². The zero-order valence-electron chi connectivity index (χ0n) is 21.0. The first-order valence-electron chi connectivity index (χ1n) is 11.2. The lowest BCUT2D eigenvalue weighted by Crippen LogP contribution is -2.38. The molecule has 1 aromatic carbocycles. The summed E-state index contributed by atoms with van der Waals surface area (Å²) in [5.41, 5.74) is -3.89. The van der Waals surface area contributed by atoms with Crippen molar-refractivity contribution in [2.75, 3.05) is 0 Å². The first-order chi connectivity index (χ1) is 15.4. The summed E-state index contributed by atoms with van der Waals surface area (Å²) in [6, 6.07) is 2.68. The first kappa shape index (κ1) is 23.7. The summed E-state index contributed by atoms with van der Waals surface area (Å²) in [6.07, 6.45) is 0. The maximum Gasteiger partial charge on any atom is 0.268 e. The van der Waals surface area contributed by atoms with E-state index in [1.165, 1.54) is 12.1 Å². The van der Waals surface area contributed by atoms with Gasteiger partial charge in [0.1, 0.15) is 11.6 Å². The average Bonchev–Trinajstić information content (AvgIpc) is 3.09. The fraction of sp³-hybridized carbons (Fsp3) is 0.480. The Bertz CT molecular complexity index is 1570. The predicted octanol–water partition coefficient (Wildman–Crippen LogP) is 2.44. The Labute approximate surface area is 195 Å². The molecule has 0 aliphatic rings. The van der Waals surface area contributed by atoms with Crippen LogP contribution in [0.1, 0.15) is 74.0 Å². The Morgan fingerprint density at radius 3 is 1.24 bits per heavy atom. The van der Waals surface area contributed by atoms with E-state index in [2.05, 4.69) is 15.0 Å². The highest BCUT2D eigenvalue weighted by Crippen LogP contribution is 2.24. The van der Waals surface area contributed by atoms with Gasteiger partial charge in [-0.25, -0.2) is 9.55 Å². The first-order valence-corrected chi connectivity index (χ1v) is 11.2. The van der Waals surface area contributed by atoms with Gasteiger partial charge in [0.15, 0.2) is 0 Å². The lowest BCUT2D eigenvalue weighted by atomic mass is 9.93. The van der Waals surface area contributed by atoms with Crippen molar-refractivity contribution in [2.24, 2.45) is 0 Å². The molecule has 0 saturated carbocycles. The van der Waals surface area contributed by atoms with Crippen molar-refractivity contribution >= 4 is 21.5 Å². The molecular formula is C25H29N5O4. The van der Waals surface area contributed by atoms with Crippen LogP contribution in [0.5, 0.6) is 0 Å². The lowest BCUT2D eigenvalue weighted by molar-refractivity contribution is 0.380. The Morgan fingerprint density at radius 2 is 0.912 bits per heavy atom. The number of fused-ring (bicyclic) bond motifs is 2. The van der Waals surface area contributed by atoms with Gasteiger partial charge in [0.25, 0.3) is 22.2 Å². The van der Waals surface area contributed by atoms with Gasteiger partial charge in [-0.2, -0.15) is 9.97 Å². The Kier molecular flexibility index (Phi) is 4.88. The van der Waals surface area contributed by atoms with E-state index in [0.717, 1.165) is 9.13 Å². The SMILES string of the molecule is CC(C)(C)c1nc(-n2c(=O)c3cc4c(=O)n(C(C)(C)C)c(=O)c4cc3c2=O)nc(C(C)(C)C)n1. The van der Waals surface area contributed by atoms with Crippen LogP contribution >= 0.6 is 0 Å². The number of hydrogen-bond donors (Lipinski definition) is 0. The molecular weight excluding hydrogens is 434 g/mol. The summed E-state index contributed by atoms with van der Waals surface area (Å²) in [4.78, 5) is 66.2. The quantitative estimate of drug-likeness (QED) is 0.425. The molecule has 0 amide bonds. The summed E-state index contributed by atoms with van der Waals surface area (Å²) >= 11 is 0. The minimum atomic E-state index is -0.741. The van der Waals surface area contributed by atoms with Crippen molar-refractivity contribution in [3.8, 4) is 5.95 Å². The minimum Gasteiger partial charge on any atom is -0.269 e.